The highest BCUT2D eigenvalue weighted by Gasteiger charge is 2.60. The van der Waals surface area contributed by atoms with E-state index in [1.807, 2.05) is 0 Å². The molecule has 14 N–H and O–H groups in total. The minimum absolute atomic E-state index is 0.0367. The van der Waals surface area contributed by atoms with Crippen molar-refractivity contribution in [2.75, 3.05) is 33.0 Å². The standard InChI is InChI=1S/C27H47N3O19/c1-9(34)29-15-11(36)5-27(26(42)43,48-22(15)17(38)12(37)6-31)49-23-18(39)13(7-32)45-25(20(23)41)47-21-14(8-33)46-24(44-4-3-28)16(19(21)40)30-10(2)35/h11-25,31-33,36-41H,3-8,28H2,1-2H3,(H,29,34)(H,30,35)(H,42,43)/t11?,12-,13?,14?,15?,16?,17-,18?,19?,20?,21?,22?,23?,24?,25?,27?/m0/s1. The summed E-state index contributed by atoms with van der Waals surface area (Å²) in [6, 6.07) is -2.86. The summed E-state index contributed by atoms with van der Waals surface area (Å²) in [7, 11) is 0. The van der Waals surface area contributed by atoms with Gasteiger partial charge in [0.2, 0.25) is 11.8 Å². The van der Waals surface area contributed by atoms with Gasteiger partial charge in [0.15, 0.2) is 12.6 Å². The Morgan fingerprint density at radius 3 is 2.00 bits per heavy atom. The third-order valence-corrected chi connectivity index (χ3v) is 8.25. The summed E-state index contributed by atoms with van der Waals surface area (Å²) in [6.45, 7) is -0.677. The maximum atomic E-state index is 12.7. The second kappa shape index (κ2) is 17.8. The van der Waals surface area contributed by atoms with Gasteiger partial charge in [-0.25, -0.2) is 4.79 Å². The van der Waals surface area contributed by atoms with Crippen LogP contribution in [0.15, 0.2) is 0 Å². The Kier molecular flexibility index (Phi) is 15.0. The predicted octanol–water partition coefficient (Wildman–Crippen LogP) is -8.10. The first kappa shape index (κ1) is 41.2. The van der Waals surface area contributed by atoms with Gasteiger partial charge < -0.3 is 95.9 Å². The molecule has 0 aromatic carbocycles. The van der Waals surface area contributed by atoms with E-state index in [1.165, 1.54) is 0 Å². The van der Waals surface area contributed by atoms with Crippen LogP contribution in [0.2, 0.25) is 0 Å². The van der Waals surface area contributed by atoms with E-state index in [9.17, 15) is 65.4 Å². The molecule has 22 heteroatoms. The normalized spacial score (nSPS) is 41.0. The first-order valence-electron chi connectivity index (χ1n) is 15.4. The second-order valence-corrected chi connectivity index (χ2v) is 11.9. The van der Waals surface area contributed by atoms with Gasteiger partial charge in [0.25, 0.3) is 5.79 Å². The van der Waals surface area contributed by atoms with E-state index in [-0.39, 0.29) is 13.2 Å². The molecular weight excluding hydrogens is 670 g/mol. The van der Waals surface area contributed by atoms with Gasteiger partial charge in [-0.05, 0) is 0 Å². The minimum atomic E-state index is -3.03. The highest BCUT2D eigenvalue weighted by molar-refractivity contribution is 5.76. The van der Waals surface area contributed by atoms with Crippen LogP contribution >= 0.6 is 0 Å². The van der Waals surface area contributed by atoms with E-state index in [0.29, 0.717) is 0 Å². The molecule has 3 rings (SSSR count). The number of hydrogen-bond acceptors (Lipinski definition) is 19. The number of hydrogen-bond donors (Lipinski definition) is 13. The molecule has 3 heterocycles. The molecule has 3 fully saturated rings. The first-order chi connectivity index (χ1) is 23.0. The molecule has 284 valence electrons. The summed E-state index contributed by atoms with van der Waals surface area (Å²) >= 11 is 0. The molecule has 3 aliphatic heterocycles. The van der Waals surface area contributed by atoms with Crippen LogP contribution in [0, 0.1) is 0 Å². The number of aliphatic carboxylic acids is 1. The Hall–Kier alpha value is -2.23. The summed E-state index contributed by atoms with van der Waals surface area (Å²) in [6.07, 6.45) is -24.9. The van der Waals surface area contributed by atoms with E-state index >= 15 is 0 Å². The van der Waals surface area contributed by atoms with Gasteiger partial charge in [0.1, 0.15) is 67.1 Å². The van der Waals surface area contributed by atoms with Crippen LogP contribution in [0.4, 0.5) is 0 Å². The van der Waals surface area contributed by atoms with Crippen molar-refractivity contribution in [1.82, 2.24) is 10.6 Å². The quantitative estimate of drug-likeness (QED) is 0.0748. The largest absolute Gasteiger partial charge is 0.477 e. The molecular formula is C27H47N3O19. The molecule has 3 saturated heterocycles. The molecule has 14 unspecified atom stereocenters. The van der Waals surface area contributed by atoms with Crippen molar-refractivity contribution in [2.45, 2.75) is 118 Å². The molecule has 16 atom stereocenters. The van der Waals surface area contributed by atoms with Crippen molar-refractivity contribution in [3.8, 4) is 0 Å². The average Bonchev–Trinajstić information content (AvgIpc) is 3.05. The fourth-order valence-corrected chi connectivity index (χ4v) is 5.88. The van der Waals surface area contributed by atoms with Crippen LogP contribution in [0.5, 0.6) is 0 Å². The zero-order valence-electron chi connectivity index (χ0n) is 26.6. The molecule has 0 bridgehead atoms. The minimum Gasteiger partial charge on any atom is -0.477 e. The summed E-state index contributed by atoms with van der Waals surface area (Å²) in [5, 5.41) is 110. The third kappa shape index (κ3) is 9.36. The highest BCUT2D eigenvalue weighted by Crippen LogP contribution is 2.38. The van der Waals surface area contributed by atoms with E-state index < -0.39 is 142 Å². The zero-order valence-corrected chi connectivity index (χ0v) is 26.6. The fourth-order valence-electron chi connectivity index (χ4n) is 5.88. The van der Waals surface area contributed by atoms with Gasteiger partial charge in [-0.15, -0.1) is 0 Å². The van der Waals surface area contributed by atoms with Crippen molar-refractivity contribution >= 4 is 17.8 Å². The molecule has 0 radical (unpaired) electrons. The van der Waals surface area contributed by atoms with Crippen molar-refractivity contribution in [3.05, 3.63) is 0 Å². The molecule has 0 aliphatic carbocycles. The number of carbonyl (C=O) groups excluding carboxylic acids is 2. The predicted molar refractivity (Wildman–Crippen MR) is 154 cm³/mol. The van der Waals surface area contributed by atoms with Gasteiger partial charge in [0.05, 0.1) is 38.6 Å². The van der Waals surface area contributed by atoms with Gasteiger partial charge >= 0.3 is 5.97 Å². The van der Waals surface area contributed by atoms with Crippen LogP contribution in [-0.4, -0.2) is 199 Å². The van der Waals surface area contributed by atoms with Crippen molar-refractivity contribution in [2.24, 2.45) is 5.73 Å². The lowest BCUT2D eigenvalue weighted by atomic mass is 9.88. The smallest absolute Gasteiger partial charge is 0.364 e. The van der Waals surface area contributed by atoms with Crippen LogP contribution in [0.25, 0.3) is 0 Å². The number of nitrogens with two attached hydrogens (primary N) is 1. The van der Waals surface area contributed by atoms with Crippen LogP contribution in [-0.2, 0) is 42.8 Å². The Bertz CT molecular complexity index is 1110. The van der Waals surface area contributed by atoms with E-state index in [4.69, 9.17) is 34.2 Å². The number of nitrogens with one attached hydrogen (secondary N) is 2. The highest BCUT2D eigenvalue weighted by atomic mass is 16.8. The van der Waals surface area contributed by atoms with E-state index in [1.54, 1.807) is 0 Å². The lowest BCUT2D eigenvalue weighted by Gasteiger charge is -2.51. The number of rotatable bonds is 15. The molecule has 22 nitrogen and oxygen atoms in total. The second-order valence-electron chi connectivity index (χ2n) is 11.9. The zero-order chi connectivity index (χ0) is 36.8. The molecule has 2 amide bonds. The number of amides is 2. The summed E-state index contributed by atoms with van der Waals surface area (Å²) < 4.78 is 33.6. The summed E-state index contributed by atoms with van der Waals surface area (Å²) in [4.78, 5) is 36.4. The third-order valence-electron chi connectivity index (χ3n) is 8.25. The van der Waals surface area contributed by atoms with Crippen LogP contribution < -0.4 is 16.4 Å². The molecule has 0 aromatic rings. The Morgan fingerprint density at radius 1 is 0.878 bits per heavy atom. The molecule has 0 spiro atoms. The number of carbonyl (C=O) groups is 3. The van der Waals surface area contributed by atoms with Crippen molar-refractivity contribution in [3.63, 3.8) is 0 Å². The number of ether oxygens (including phenoxy) is 6. The fraction of sp³-hybridized carbons (Fsp3) is 0.889. The van der Waals surface area contributed by atoms with E-state index in [0.717, 1.165) is 13.8 Å². The maximum absolute atomic E-state index is 12.7. The van der Waals surface area contributed by atoms with Crippen molar-refractivity contribution in [1.29, 1.82) is 0 Å². The average molecular weight is 718 g/mol. The SMILES string of the molecule is CC(=O)NC1C(OCCN)OC(CO)C(OC2OC(CO)C(O)C(OC3(C(=O)O)CC(O)C(NC(C)=O)C([C@@H](O)[C@@H](O)CO)O3)C2O)C1O. The molecule has 49 heavy (non-hydrogen) atoms. The Morgan fingerprint density at radius 2 is 1.47 bits per heavy atom. The van der Waals surface area contributed by atoms with E-state index in [2.05, 4.69) is 10.6 Å². The molecule has 3 aliphatic rings. The lowest BCUT2D eigenvalue weighted by Crippen LogP contribution is -2.71. The maximum Gasteiger partial charge on any atom is 0.364 e. The Labute approximate surface area is 279 Å². The van der Waals surface area contributed by atoms with Crippen molar-refractivity contribution < 1.29 is 93.9 Å². The van der Waals surface area contributed by atoms with Crippen LogP contribution in [0.3, 0.4) is 0 Å². The van der Waals surface area contributed by atoms with Gasteiger partial charge in [-0.2, -0.15) is 0 Å². The number of aliphatic hydroxyl groups is 9. The lowest BCUT2D eigenvalue weighted by molar-refractivity contribution is -0.382. The summed E-state index contributed by atoms with van der Waals surface area (Å²) in [5.41, 5.74) is 5.47. The summed E-state index contributed by atoms with van der Waals surface area (Å²) in [5.74, 6) is -6.37. The Balaban J connectivity index is 1.95. The monoisotopic (exact) mass is 717 g/mol. The first-order valence-corrected chi connectivity index (χ1v) is 15.4. The molecule has 0 saturated carbocycles. The number of carboxylic acids is 1. The van der Waals surface area contributed by atoms with Crippen LogP contribution in [0.1, 0.15) is 20.3 Å². The number of carboxylic acid groups (broad SMARTS) is 1. The van der Waals surface area contributed by atoms with Gasteiger partial charge in [0, 0.05) is 26.8 Å². The molecule has 0 aromatic heterocycles. The van der Waals surface area contributed by atoms with Gasteiger partial charge in [-0.1, -0.05) is 0 Å². The number of aliphatic hydroxyl groups excluding tert-OH is 9. The topological polar surface area (TPSA) is 359 Å². The van der Waals surface area contributed by atoms with Gasteiger partial charge in [-0.3, -0.25) is 9.59 Å².